The first kappa shape index (κ1) is 21.3. The Hall–Kier alpha value is -3.40. The van der Waals surface area contributed by atoms with Gasteiger partial charge in [0.15, 0.2) is 9.84 Å². The third-order valence-corrected chi connectivity index (χ3v) is 6.20. The second-order valence-corrected chi connectivity index (χ2v) is 8.65. The van der Waals surface area contributed by atoms with Gasteiger partial charge in [0, 0.05) is 19.8 Å². The summed E-state index contributed by atoms with van der Waals surface area (Å²) in [5, 5.41) is 2.48. The normalized spacial score (nSPS) is 11.4. The number of nitrogens with one attached hydrogen (secondary N) is 1. The van der Waals surface area contributed by atoms with Crippen LogP contribution in [0.15, 0.2) is 52.2 Å². The van der Waals surface area contributed by atoms with Crippen LogP contribution in [-0.2, 0) is 33.5 Å². The molecule has 1 amide bonds. The van der Waals surface area contributed by atoms with Gasteiger partial charge in [0.1, 0.15) is 5.75 Å². The van der Waals surface area contributed by atoms with E-state index in [2.05, 4.69) is 5.32 Å². The number of anilines is 1. The van der Waals surface area contributed by atoms with Gasteiger partial charge in [0.2, 0.25) is 5.91 Å². The summed E-state index contributed by atoms with van der Waals surface area (Å²) >= 11 is 0. The summed E-state index contributed by atoms with van der Waals surface area (Å²) in [6, 6.07) is 10.3. The third kappa shape index (κ3) is 4.13. The zero-order valence-electron chi connectivity index (χ0n) is 16.7. The van der Waals surface area contributed by atoms with Gasteiger partial charge in [-0.15, -0.1) is 0 Å². The Morgan fingerprint density at radius 1 is 1.03 bits per heavy atom. The molecule has 0 unspecified atom stereocenters. The molecule has 0 bridgehead atoms. The van der Waals surface area contributed by atoms with E-state index in [0.29, 0.717) is 11.0 Å². The van der Waals surface area contributed by atoms with Crippen LogP contribution in [0.5, 0.6) is 0 Å². The fraction of sp³-hybridized carbons (Fsp3) is 0.250. The van der Waals surface area contributed by atoms with E-state index in [1.54, 1.807) is 33.2 Å². The SMILES string of the molecule is CCOC(=O)c1cccc(NC(=O)CS(=O)(=O)c2ccc3c(c2)n(C)c(=O)n3C)c1. The summed E-state index contributed by atoms with van der Waals surface area (Å²) in [4.78, 5) is 36.1. The summed E-state index contributed by atoms with van der Waals surface area (Å²) < 4.78 is 33.1. The molecule has 10 heteroatoms. The number of nitrogens with zero attached hydrogens (tertiary/aromatic N) is 2. The quantitative estimate of drug-likeness (QED) is 0.591. The van der Waals surface area contributed by atoms with Gasteiger partial charge in [-0.3, -0.25) is 13.9 Å². The Morgan fingerprint density at radius 3 is 2.43 bits per heavy atom. The molecule has 0 saturated carbocycles. The lowest BCUT2D eigenvalue weighted by Crippen LogP contribution is -2.23. The Bertz CT molecular complexity index is 1300. The number of aromatic nitrogens is 2. The van der Waals surface area contributed by atoms with Crippen LogP contribution in [0.3, 0.4) is 0 Å². The minimum Gasteiger partial charge on any atom is -0.462 e. The minimum absolute atomic E-state index is 0.0633. The molecular formula is C20H21N3O6S. The molecule has 1 aromatic heterocycles. The maximum atomic E-state index is 12.7. The highest BCUT2D eigenvalue weighted by Crippen LogP contribution is 2.19. The number of amides is 1. The van der Waals surface area contributed by atoms with Crippen molar-refractivity contribution >= 4 is 38.4 Å². The average molecular weight is 431 g/mol. The van der Waals surface area contributed by atoms with Crippen LogP contribution >= 0.6 is 0 Å². The van der Waals surface area contributed by atoms with Gasteiger partial charge in [-0.2, -0.15) is 0 Å². The Labute approximate surface area is 172 Å². The van der Waals surface area contributed by atoms with Crippen molar-refractivity contribution in [1.82, 2.24) is 9.13 Å². The lowest BCUT2D eigenvalue weighted by molar-refractivity contribution is -0.113. The van der Waals surface area contributed by atoms with Crippen molar-refractivity contribution in [2.75, 3.05) is 17.7 Å². The van der Waals surface area contributed by atoms with Crippen LogP contribution < -0.4 is 11.0 Å². The number of rotatable bonds is 6. The molecule has 0 fully saturated rings. The van der Waals surface area contributed by atoms with E-state index in [1.807, 2.05) is 0 Å². The summed E-state index contributed by atoms with van der Waals surface area (Å²) in [6.07, 6.45) is 0. The van der Waals surface area contributed by atoms with E-state index < -0.39 is 27.5 Å². The van der Waals surface area contributed by atoms with Crippen molar-refractivity contribution in [2.45, 2.75) is 11.8 Å². The number of carbonyl (C=O) groups is 2. The molecule has 0 radical (unpaired) electrons. The number of imidazole rings is 1. The lowest BCUT2D eigenvalue weighted by Gasteiger charge is -2.08. The summed E-state index contributed by atoms with van der Waals surface area (Å²) in [7, 11) is -0.815. The van der Waals surface area contributed by atoms with E-state index in [9.17, 15) is 22.8 Å². The number of hydrogen-bond acceptors (Lipinski definition) is 6. The lowest BCUT2D eigenvalue weighted by atomic mass is 10.2. The van der Waals surface area contributed by atoms with E-state index in [1.165, 1.54) is 39.5 Å². The Balaban J connectivity index is 1.80. The van der Waals surface area contributed by atoms with E-state index >= 15 is 0 Å². The van der Waals surface area contributed by atoms with Crippen LogP contribution in [0.4, 0.5) is 5.69 Å². The van der Waals surface area contributed by atoms with Gasteiger partial charge in [-0.1, -0.05) is 6.07 Å². The van der Waals surface area contributed by atoms with Gasteiger partial charge >= 0.3 is 11.7 Å². The molecule has 0 aliphatic heterocycles. The van der Waals surface area contributed by atoms with E-state index in [-0.39, 0.29) is 28.4 Å². The Kier molecular flexibility index (Phi) is 5.79. The number of esters is 1. The first-order valence-corrected chi connectivity index (χ1v) is 10.7. The number of benzene rings is 2. The van der Waals surface area contributed by atoms with Crippen molar-refractivity contribution in [3.63, 3.8) is 0 Å². The number of aryl methyl sites for hydroxylation is 2. The predicted molar refractivity (Wildman–Crippen MR) is 111 cm³/mol. The van der Waals surface area contributed by atoms with Crippen molar-refractivity contribution in [1.29, 1.82) is 0 Å². The fourth-order valence-electron chi connectivity index (χ4n) is 3.07. The highest BCUT2D eigenvalue weighted by molar-refractivity contribution is 7.92. The van der Waals surface area contributed by atoms with Crippen LogP contribution in [0.25, 0.3) is 11.0 Å². The molecule has 0 aliphatic carbocycles. The molecule has 0 aliphatic rings. The van der Waals surface area contributed by atoms with Crippen molar-refractivity contribution in [2.24, 2.45) is 14.1 Å². The van der Waals surface area contributed by atoms with Gasteiger partial charge in [-0.05, 0) is 43.3 Å². The number of fused-ring (bicyclic) bond motifs is 1. The Morgan fingerprint density at radius 2 is 1.73 bits per heavy atom. The van der Waals surface area contributed by atoms with Gasteiger partial charge in [0.25, 0.3) is 0 Å². The summed E-state index contributed by atoms with van der Waals surface area (Å²) in [6.45, 7) is 1.89. The molecule has 2 aromatic carbocycles. The molecule has 9 nitrogen and oxygen atoms in total. The van der Waals surface area contributed by atoms with Crippen molar-refractivity contribution < 1.29 is 22.7 Å². The van der Waals surface area contributed by atoms with Gasteiger partial charge in [0.05, 0.1) is 28.1 Å². The molecule has 30 heavy (non-hydrogen) atoms. The first-order valence-electron chi connectivity index (χ1n) is 9.09. The zero-order valence-corrected chi connectivity index (χ0v) is 17.5. The maximum Gasteiger partial charge on any atom is 0.338 e. The fourth-order valence-corrected chi connectivity index (χ4v) is 4.22. The summed E-state index contributed by atoms with van der Waals surface area (Å²) in [5.41, 5.74) is 1.28. The molecule has 3 aromatic rings. The van der Waals surface area contributed by atoms with Gasteiger partial charge < -0.3 is 10.1 Å². The summed E-state index contributed by atoms with van der Waals surface area (Å²) in [5.74, 6) is -2.08. The molecule has 1 N–H and O–H groups in total. The second kappa shape index (κ2) is 8.15. The molecule has 0 atom stereocenters. The molecule has 0 saturated heterocycles. The van der Waals surface area contributed by atoms with Crippen LogP contribution in [-0.4, -0.2) is 41.8 Å². The zero-order chi connectivity index (χ0) is 22.1. The molecule has 158 valence electrons. The smallest absolute Gasteiger partial charge is 0.338 e. The number of hydrogen-bond donors (Lipinski definition) is 1. The molecule has 3 rings (SSSR count). The van der Waals surface area contributed by atoms with Crippen molar-refractivity contribution in [3.05, 3.63) is 58.5 Å². The monoisotopic (exact) mass is 431 g/mol. The maximum absolute atomic E-state index is 12.7. The number of sulfone groups is 1. The number of ether oxygens (including phenoxy) is 1. The molecule has 0 spiro atoms. The highest BCUT2D eigenvalue weighted by atomic mass is 32.2. The standard InChI is InChI=1S/C20H21N3O6S/c1-4-29-19(25)13-6-5-7-14(10-13)21-18(24)12-30(27,28)15-8-9-16-17(11-15)23(3)20(26)22(16)2/h5-11H,4,12H2,1-3H3,(H,21,24). The van der Waals surface area contributed by atoms with E-state index in [0.717, 1.165) is 0 Å². The van der Waals surface area contributed by atoms with Gasteiger partial charge in [-0.25, -0.2) is 18.0 Å². The largest absolute Gasteiger partial charge is 0.462 e. The van der Waals surface area contributed by atoms with Crippen LogP contribution in [0, 0.1) is 0 Å². The first-order chi connectivity index (χ1) is 14.1. The van der Waals surface area contributed by atoms with Crippen molar-refractivity contribution in [3.8, 4) is 0 Å². The topological polar surface area (TPSA) is 116 Å². The average Bonchev–Trinajstić information content (AvgIpc) is 2.91. The van der Waals surface area contributed by atoms with E-state index in [4.69, 9.17) is 4.74 Å². The number of carbonyl (C=O) groups excluding carboxylic acids is 2. The highest BCUT2D eigenvalue weighted by Gasteiger charge is 2.21. The van der Waals surface area contributed by atoms with Crippen LogP contribution in [0.1, 0.15) is 17.3 Å². The van der Waals surface area contributed by atoms with Crippen LogP contribution in [0.2, 0.25) is 0 Å². The molecular weight excluding hydrogens is 410 g/mol. The molecule has 1 heterocycles. The predicted octanol–water partition coefficient (Wildman–Crippen LogP) is 1.47. The minimum atomic E-state index is -3.95. The second-order valence-electron chi connectivity index (χ2n) is 6.66. The third-order valence-electron chi connectivity index (χ3n) is 4.58.